The van der Waals surface area contributed by atoms with E-state index in [9.17, 15) is 29.5 Å². The molecule has 11 heteroatoms. The fourth-order valence-corrected chi connectivity index (χ4v) is 5.78. The molecule has 0 amide bonds. The number of aromatic hydroxyl groups is 1. The van der Waals surface area contributed by atoms with Gasteiger partial charge >= 0.3 is 11.9 Å². The average molecular weight is 614 g/mol. The molecule has 10 nitrogen and oxygen atoms in total. The summed E-state index contributed by atoms with van der Waals surface area (Å²) in [5.74, 6) is -5.22. The van der Waals surface area contributed by atoms with E-state index in [0.717, 1.165) is 19.1 Å². The summed E-state index contributed by atoms with van der Waals surface area (Å²) in [6.07, 6.45) is 0. The number of nitrogens with zero attached hydrogens (tertiary/aromatic N) is 2. The molecule has 3 N–H and O–H groups in total. The number of nitriles is 1. The van der Waals surface area contributed by atoms with Crippen molar-refractivity contribution in [3.63, 3.8) is 0 Å². The van der Waals surface area contributed by atoms with E-state index < -0.39 is 40.9 Å². The number of rotatable bonds is 4. The van der Waals surface area contributed by atoms with Gasteiger partial charge in [-0.05, 0) is 27.6 Å². The fourth-order valence-electron chi connectivity index (χ4n) is 5.19. The molecule has 1 aliphatic carbocycles. The van der Waals surface area contributed by atoms with Crippen molar-refractivity contribution in [1.82, 2.24) is 0 Å². The van der Waals surface area contributed by atoms with Crippen LogP contribution in [0.25, 0.3) is 0 Å². The molecule has 41 heavy (non-hydrogen) atoms. The molecule has 0 aromatic heterocycles. The Morgan fingerprint density at radius 3 is 2.07 bits per heavy atom. The molecule has 1 unspecified atom stereocenters. The molecule has 1 aliphatic heterocycles. The first kappa shape index (κ1) is 27.4. The van der Waals surface area contributed by atoms with Crippen molar-refractivity contribution in [2.24, 2.45) is 5.73 Å². The maximum atomic E-state index is 13.9. The maximum Gasteiger partial charge on any atom is 0.355 e. The molecule has 204 valence electrons. The number of methoxy groups -OCH3 is 2. The second-order valence-corrected chi connectivity index (χ2v) is 9.87. The molecule has 3 aromatic carbocycles. The Kier molecular flexibility index (Phi) is 6.94. The van der Waals surface area contributed by atoms with Gasteiger partial charge in [0.2, 0.25) is 0 Å². The maximum absolute atomic E-state index is 13.9. The number of carbonyl (C=O) groups excluding carboxylic acids is 4. The van der Waals surface area contributed by atoms with Gasteiger partial charge in [0.25, 0.3) is 0 Å². The van der Waals surface area contributed by atoms with Crippen molar-refractivity contribution in [2.75, 3.05) is 19.1 Å². The number of halogens is 1. The van der Waals surface area contributed by atoms with E-state index in [-0.39, 0.29) is 49.4 Å². The van der Waals surface area contributed by atoms with Gasteiger partial charge in [-0.25, -0.2) is 9.59 Å². The largest absolute Gasteiger partial charge is 0.507 e. The number of hydrogen-bond acceptors (Lipinski definition) is 10. The summed E-state index contributed by atoms with van der Waals surface area (Å²) in [5, 5.41) is 21.1. The number of fused-ring (bicyclic) bond motifs is 2. The van der Waals surface area contributed by atoms with Crippen molar-refractivity contribution in [3.8, 4) is 11.8 Å². The Morgan fingerprint density at radius 2 is 1.51 bits per heavy atom. The van der Waals surface area contributed by atoms with E-state index >= 15 is 0 Å². The number of phenolic OH excluding ortho intramolecular Hbond substituents is 1. The number of anilines is 1. The summed E-state index contributed by atoms with van der Waals surface area (Å²) in [7, 11) is 2.20. The Morgan fingerprint density at radius 1 is 0.951 bits per heavy atom. The van der Waals surface area contributed by atoms with Crippen LogP contribution in [0.4, 0.5) is 5.69 Å². The van der Waals surface area contributed by atoms with E-state index in [4.69, 9.17) is 15.2 Å². The average Bonchev–Trinajstić information content (AvgIpc) is 2.99. The van der Waals surface area contributed by atoms with Crippen LogP contribution in [0.1, 0.15) is 43.3 Å². The van der Waals surface area contributed by atoms with E-state index in [1.165, 1.54) is 18.2 Å². The topological polar surface area (TPSA) is 160 Å². The summed E-state index contributed by atoms with van der Waals surface area (Å²) in [6.45, 7) is 0. The molecular weight excluding hydrogens is 594 g/mol. The summed E-state index contributed by atoms with van der Waals surface area (Å²) < 4.78 is 10.1. The first-order valence-corrected chi connectivity index (χ1v) is 12.9. The smallest absolute Gasteiger partial charge is 0.355 e. The minimum absolute atomic E-state index is 0.0401. The Labute approximate surface area is 242 Å². The lowest BCUT2D eigenvalue weighted by Crippen LogP contribution is -2.42. The summed E-state index contributed by atoms with van der Waals surface area (Å²) in [6, 6.07) is 17.7. The van der Waals surface area contributed by atoms with Crippen molar-refractivity contribution >= 4 is 45.1 Å². The Bertz CT molecular complexity index is 1790. The third-order valence-electron chi connectivity index (χ3n) is 6.94. The zero-order chi connectivity index (χ0) is 29.6. The highest BCUT2D eigenvalue weighted by Gasteiger charge is 2.46. The minimum Gasteiger partial charge on any atom is -0.507 e. The standard InChI is InChI=1S/C30H20BrN3O7/c1-40-29(38)23-20(14-8-4-3-5-9-14)17(13-32)28(33)34(25(23)30(39)41-2)24-18(31)12-19(35)21-22(24)27(37)16-11-7-6-10-15(16)26(21)36/h3-12,20,35H,33H2,1-2H3. The lowest BCUT2D eigenvalue weighted by molar-refractivity contribution is -0.139. The number of nitrogens with two attached hydrogens (primary N) is 1. The van der Waals surface area contributed by atoms with Crippen molar-refractivity contribution < 1.29 is 33.8 Å². The van der Waals surface area contributed by atoms with Gasteiger partial charge in [0.15, 0.2) is 11.6 Å². The quantitative estimate of drug-likeness (QED) is 0.324. The van der Waals surface area contributed by atoms with Gasteiger partial charge in [-0.1, -0.05) is 54.6 Å². The van der Waals surface area contributed by atoms with Gasteiger partial charge in [-0.2, -0.15) is 5.26 Å². The number of ether oxygens (including phenoxy) is 2. The summed E-state index contributed by atoms with van der Waals surface area (Å²) in [4.78, 5) is 55.3. The van der Waals surface area contributed by atoms with Crippen LogP contribution < -0.4 is 10.6 Å². The number of phenols is 1. The summed E-state index contributed by atoms with van der Waals surface area (Å²) >= 11 is 3.33. The van der Waals surface area contributed by atoms with Crippen molar-refractivity contribution in [3.05, 3.63) is 116 Å². The number of carbonyl (C=O) groups is 4. The van der Waals surface area contributed by atoms with Crippen LogP contribution in [0, 0.1) is 11.3 Å². The highest BCUT2D eigenvalue weighted by atomic mass is 79.9. The van der Waals surface area contributed by atoms with E-state index in [2.05, 4.69) is 15.9 Å². The van der Waals surface area contributed by atoms with Crippen LogP contribution in [0.2, 0.25) is 0 Å². The molecule has 3 aromatic rings. The monoisotopic (exact) mass is 613 g/mol. The molecule has 0 radical (unpaired) electrons. The van der Waals surface area contributed by atoms with Gasteiger partial charge < -0.3 is 20.3 Å². The van der Waals surface area contributed by atoms with Gasteiger partial charge in [-0.3, -0.25) is 14.5 Å². The van der Waals surface area contributed by atoms with Crippen LogP contribution in [0.3, 0.4) is 0 Å². The molecule has 0 saturated heterocycles. The number of ketones is 2. The number of allylic oxidation sites excluding steroid dienone is 1. The van der Waals surface area contributed by atoms with Crippen LogP contribution in [-0.2, 0) is 19.1 Å². The van der Waals surface area contributed by atoms with Crippen LogP contribution in [-0.4, -0.2) is 42.8 Å². The minimum atomic E-state index is -1.14. The predicted molar refractivity (Wildman–Crippen MR) is 149 cm³/mol. The van der Waals surface area contributed by atoms with Crippen molar-refractivity contribution in [2.45, 2.75) is 5.92 Å². The molecule has 2 aliphatic rings. The normalized spacial score (nSPS) is 16.1. The Balaban J connectivity index is 1.93. The number of esters is 2. The SMILES string of the molecule is COC(=O)C1=C(C(=O)OC)N(c2c(Br)cc(O)c3c2C(=O)c2ccccc2C3=O)C(N)=C(C#N)C1c1ccccc1. The third kappa shape index (κ3) is 4.08. The van der Waals surface area contributed by atoms with E-state index in [0.29, 0.717) is 5.56 Å². The first-order chi connectivity index (χ1) is 19.7. The lowest BCUT2D eigenvalue weighted by atomic mass is 9.79. The molecule has 0 saturated carbocycles. The lowest BCUT2D eigenvalue weighted by Gasteiger charge is -2.37. The van der Waals surface area contributed by atoms with E-state index in [1.54, 1.807) is 42.5 Å². The van der Waals surface area contributed by atoms with Gasteiger partial charge in [-0.15, -0.1) is 0 Å². The second-order valence-electron chi connectivity index (χ2n) is 9.02. The fraction of sp³-hybridized carbons (Fsp3) is 0.100. The van der Waals surface area contributed by atoms with E-state index in [1.807, 2.05) is 6.07 Å². The Hall–Kier alpha value is -5.21. The van der Waals surface area contributed by atoms with Crippen molar-refractivity contribution in [1.29, 1.82) is 5.26 Å². The third-order valence-corrected chi connectivity index (χ3v) is 7.54. The number of hydrogen-bond donors (Lipinski definition) is 2. The first-order valence-electron chi connectivity index (χ1n) is 12.1. The molecule has 0 spiro atoms. The highest BCUT2D eigenvalue weighted by Crippen LogP contribution is 2.49. The zero-order valence-corrected chi connectivity index (χ0v) is 23.2. The second kappa shape index (κ2) is 10.4. The molecule has 5 rings (SSSR count). The predicted octanol–water partition coefficient (Wildman–Crippen LogP) is 3.83. The molecule has 0 bridgehead atoms. The van der Waals surface area contributed by atoms with Gasteiger partial charge in [0.1, 0.15) is 17.3 Å². The van der Waals surface area contributed by atoms with Crippen LogP contribution in [0.15, 0.2) is 87.8 Å². The summed E-state index contributed by atoms with van der Waals surface area (Å²) in [5.41, 5.74) is 5.60. The molecule has 1 heterocycles. The molecular formula is C30H20BrN3O7. The zero-order valence-electron chi connectivity index (χ0n) is 21.6. The number of benzene rings is 3. The molecule has 0 fully saturated rings. The molecule has 1 atom stereocenters. The van der Waals surface area contributed by atoms with Crippen LogP contribution >= 0.6 is 15.9 Å². The van der Waals surface area contributed by atoms with Crippen LogP contribution in [0.5, 0.6) is 5.75 Å². The van der Waals surface area contributed by atoms with Gasteiger partial charge in [0.05, 0.1) is 54.2 Å². The van der Waals surface area contributed by atoms with Gasteiger partial charge in [0, 0.05) is 15.6 Å². The highest BCUT2D eigenvalue weighted by molar-refractivity contribution is 9.10.